The number of hydrogen-bond donors (Lipinski definition) is 0. The normalized spacial score (nSPS) is 19.9. The molecular formula is C29H42O5. The molecular weight excluding hydrogens is 428 g/mol. The molecule has 3 unspecified atom stereocenters. The van der Waals surface area contributed by atoms with Crippen molar-refractivity contribution in [1.82, 2.24) is 0 Å². The highest BCUT2D eigenvalue weighted by molar-refractivity contribution is 5.95. The van der Waals surface area contributed by atoms with Crippen LogP contribution >= 0.6 is 0 Å². The molecule has 0 amide bonds. The largest absolute Gasteiger partial charge is 0.465 e. The molecule has 0 saturated carbocycles. The van der Waals surface area contributed by atoms with Crippen molar-refractivity contribution in [2.45, 2.75) is 93.7 Å². The van der Waals surface area contributed by atoms with E-state index in [1.165, 1.54) is 0 Å². The highest BCUT2D eigenvalue weighted by Gasteiger charge is 2.48. The second-order valence-electron chi connectivity index (χ2n) is 11.9. The monoisotopic (exact) mass is 470 g/mol. The van der Waals surface area contributed by atoms with Crippen LogP contribution in [0, 0.1) is 16.2 Å². The molecule has 0 aliphatic carbocycles. The molecule has 188 valence electrons. The Bertz CT molecular complexity index is 978. The lowest BCUT2D eigenvalue weighted by Crippen LogP contribution is -2.45. The first-order valence-corrected chi connectivity index (χ1v) is 12.5. The zero-order valence-corrected chi connectivity index (χ0v) is 22.2. The van der Waals surface area contributed by atoms with E-state index in [4.69, 9.17) is 18.9 Å². The van der Waals surface area contributed by atoms with Gasteiger partial charge in [-0.1, -0.05) is 65.8 Å². The summed E-state index contributed by atoms with van der Waals surface area (Å²) < 4.78 is 23.8. The van der Waals surface area contributed by atoms with Gasteiger partial charge in [0.05, 0.1) is 5.41 Å². The van der Waals surface area contributed by atoms with Gasteiger partial charge in [-0.3, -0.25) is 4.79 Å². The Morgan fingerprint density at radius 2 is 1.59 bits per heavy atom. The van der Waals surface area contributed by atoms with Crippen LogP contribution < -0.4 is 9.47 Å². The van der Waals surface area contributed by atoms with E-state index < -0.39 is 11.7 Å². The van der Waals surface area contributed by atoms with Crippen molar-refractivity contribution < 1.29 is 23.7 Å². The standard InChI is InChI=1S/C29H42O5/c1-20(33-25-17-9-10-18-31-25)32-23-15-11-14-22-21(23)13-12-16-24(22)34-26(30)29(8,28(5,6)7)19-27(2,3)4/h11-16,20,25H,9-10,17-19H2,1-8H3. The van der Waals surface area contributed by atoms with Crippen LogP contribution in [0.25, 0.3) is 10.8 Å². The minimum absolute atomic E-state index is 0.0149. The summed E-state index contributed by atoms with van der Waals surface area (Å²) in [5.74, 6) is 1.02. The fraction of sp³-hybridized carbons (Fsp3) is 0.621. The fourth-order valence-corrected chi connectivity index (χ4v) is 4.60. The molecule has 0 N–H and O–H groups in total. The second kappa shape index (κ2) is 10.2. The van der Waals surface area contributed by atoms with Crippen molar-refractivity contribution >= 4 is 16.7 Å². The van der Waals surface area contributed by atoms with Gasteiger partial charge in [0.1, 0.15) is 11.5 Å². The molecule has 1 aliphatic heterocycles. The van der Waals surface area contributed by atoms with Gasteiger partial charge in [0, 0.05) is 17.4 Å². The molecule has 2 aromatic carbocycles. The summed E-state index contributed by atoms with van der Waals surface area (Å²) in [4.78, 5) is 13.6. The summed E-state index contributed by atoms with van der Waals surface area (Å²) in [5.41, 5.74) is -0.924. The molecule has 0 radical (unpaired) electrons. The van der Waals surface area contributed by atoms with E-state index in [2.05, 4.69) is 41.5 Å². The quantitative estimate of drug-likeness (QED) is 0.238. The molecule has 0 bridgehead atoms. The molecule has 2 aromatic rings. The zero-order chi connectivity index (χ0) is 25.1. The zero-order valence-electron chi connectivity index (χ0n) is 22.2. The predicted molar refractivity (Wildman–Crippen MR) is 136 cm³/mol. The van der Waals surface area contributed by atoms with Crippen LogP contribution in [0.2, 0.25) is 0 Å². The maximum atomic E-state index is 13.6. The smallest absolute Gasteiger partial charge is 0.317 e. The van der Waals surface area contributed by atoms with Crippen LogP contribution in [-0.2, 0) is 14.3 Å². The van der Waals surface area contributed by atoms with Gasteiger partial charge in [0.2, 0.25) is 0 Å². The summed E-state index contributed by atoms with van der Waals surface area (Å²) in [6, 6.07) is 11.5. The lowest BCUT2D eigenvalue weighted by Gasteiger charge is -2.43. The lowest BCUT2D eigenvalue weighted by atomic mass is 9.61. The Balaban J connectivity index is 1.84. The summed E-state index contributed by atoms with van der Waals surface area (Å²) in [5, 5.41) is 1.71. The van der Waals surface area contributed by atoms with E-state index in [-0.39, 0.29) is 23.1 Å². The van der Waals surface area contributed by atoms with Crippen molar-refractivity contribution in [3.05, 3.63) is 36.4 Å². The topological polar surface area (TPSA) is 54.0 Å². The van der Waals surface area contributed by atoms with E-state index in [0.29, 0.717) is 11.5 Å². The molecule has 3 atom stereocenters. The molecule has 34 heavy (non-hydrogen) atoms. The minimum atomic E-state index is -0.649. The highest BCUT2D eigenvalue weighted by Crippen LogP contribution is 2.48. The number of carbonyl (C=O) groups is 1. The minimum Gasteiger partial charge on any atom is -0.465 e. The molecule has 1 saturated heterocycles. The Labute approximate surface area is 205 Å². The van der Waals surface area contributed by atoms with Crippen molar-refractivity contribution in [2.24, 2.45) is 16.2 Å². The number of ether oxygens (including phenoxy) is 4. The number of benzene rings is 2. The molecule has 1 heterocycles. The van der Waals surface area contributed by atoms with Gasteiger partial charge in [-0.15, -0.1) is 0 Å². The van der Waals surface area contributed by atoms with Crippen molar-refractivity contribution in [2.75, 3.05) is 6.61 Å². The van der Waals surface area contributed by atoms with E-state index in [1.807, 2.05) is 50.2 Å². The van der Waals surface area contributed by atoms with Gasteiger partial charge in [-0.05, 0) is 62.5 Å². The van der Waals surface area contributed by atoms with Crippen molar-refractivity contribution in [3.8, 4) is 11.5 Å². The van der Waals surface area contributed by atoms with Gasteiger partial charge in [0.25, 0.3) is 0 Å². The van der Waals surface area contributed by atoms with Gasteiger partial charge in [0.15, 0.2) is 12.6 Å². The Morgan fingerprint density at radius 3 is 2.15 bits per heavy atom. The van der Waals surface area contributed by atoms with Crippen molar-refractivity contribution in [1.29, 1.82) is 0 Å². The Kier molecular flexibility index (Phi) is 7.99. The van der Waals surface area contributed by atoms with Crippen LogP contribution in [-0.4, -0.2) is 25.2 Å². The van der Waals surface area contributed by atoms with Gasteiger partial charge in [-0.2, -0.15) is 0 Å². The molecule has 5 nitrogen and oxygen atoms in total. The predicted octanol–water partition coefficient (Wildman–Crippen LogP) is 7.50. The summed E-state index contributed by atoms with van der Waals surface area (Å²) >= 11 is 0. The first-order valence-electron chi connectivity index (χ1n) is 12.5. The van der Waals surface area contributed by atoms with Gasteiger partial charge in [-0.25, -0.2) is 0 Å². The maximum Gasteiger partial charge on any atom is 0.317 e. The Hall–Kier alpha value is -2.11. The Morgan fingerprint density at radius 1 is 0.971 bits per heavy atom. The first-order chi connectivity index (χ1) is 15.8. The van der Waals surface area contributed by atoms with E-state index in [9.17, 15) is 4.79 Å². The van der Waals surface area contributed by atoms with E-state index in [0.717, 1.165) is 43.1 Å². The third kappa shape index (κ3) is 6.31. The number of hydrogen-bond acceptors (Lipinski definition) is 5. The fourth-order valence-electron chi connectivity index (χ4n) is 4.60. The van der Waals surface area contributed by atoms with Crippen LogP contribution in [0.3, 0.4) is 0 Å². The summed E-state index contributed by atoms with van der Waals surface area (Å²) in [7, 11) is 0. The number of esters is 1. The molecule has 5 heteroatoms. The summed E-state index contributed by atoms with van der Waals surface area (Å²) in [6.45, 7) is 17.4. The lowest BCUT2D eigenvalue weighted by molar-refractivity contribution is -0.225. The molecule has 0 spiro atoms. The van der Waals surface area contributed by atoms with Crippen LogP contribution in [0.1, 0.15) is 81.1 Å². The van der Waals surface area contributed by atoms with Gasteiger partial charge >= 0.3 is 5.97 Å². The molecule has 1 fully saturated rings. The average molecular weight is 471 g/mol. The first kappa shape index (κ1) is 26.5. The van der Waals surface area contributed by atoms with Crippen LogP contribution in [0.4, 0.5) is 0 Å². The third-order valence-corrected chi connectivity index (χ3v) is 6.81. The van der Waals surface area contributed by atoms with Crippen LogP contribution in [0.5, 0.6) is 11.5 Å². The molecule has 0 aromatic heterocycles. The average Bonchev–Trinajstić information content (AvgIpc) is 2.73. The van der Waals surface area contributed by atoms with Crippen molar-refractivity contribution in [3.63, 3.8) is 0 Å². The van der Waals surface area contributed by atoms with E-state index >= 15 is 0 Å². The SMILES string of the molecule is CC(Oc1cccc2c(OC(=O)C(C)(CC(C)(C)C)C(C)(C)C)cccc12)OC1CCCCO1. The second-order valence-corrected chi connectivity index (χ2v) is 11.9. The molecule has 1 aliphatic rings. The number of carbonyl (C=O) groups excluding carboxylic acids is 1. The van der Waals surface area contributed by atoms with E-state index in [1.54, 1.807) is 0 Å². The van der Waals surface area contributed by atoms with Crippen LogP contribution in [0.15, 0.2) is 36.4 Å². The van der Waals surface area contributed by atoms with Gasteiger partial charge < -0.3 is 18.9 Å². The maximum absolute atomic E-state index is 13.6. The number of fused-ring (bicyclic) bond motifs is 1. The number of rotatable bonds is 7. The third-order valence-electron chi connectivity index (χ3n) is 6.81. The summed E-state index contributed by atoms with van der Waals surface area (Å²) in [6.07, 6.45) is 3.08. The highest BCUT2D eigenvalue weighted by atomic mass is 16.8. The molecule has 3 rings (SSSR count).